The van der Waals surface area contributed by atoms with Crippen LogP contribution in [0, 0.1) is 17.3 Å². The maximum Gasteiger partial charge on any atom is 0.336 e. The van der Waals surface area contributed by atoms with Gasteiger partial charge in [-0.25, -0.2) is 4.79 Å². The molecule has 3 aliphatic rings. The molecule has 24 heavy (non-hydrogen) atoms. The molecule has 1 aromatic rings. The first-order valence-electron chi connectivity index (χ1n) is 9.07. The highest BCUT2D eigenvalue weighted by atomic mass is 79.9. The lowest BCUT2D eigenvalue weighted by molar-refractivity contribution is -0.137. The van der Waals surface area contributed by atoms with Crippen molar-refractivity contribution in [2.24, 2.45) is 17.3 Å². The molecule has 4 heteroatoms. The number of aliphatic carboxylic acids is 1. The summed E-state index contributed by atoms with van der Waals surface area (Å²) in [6.07, 6.45) is 9.26. The van der Waals surface area contributed by atoms with Gasteiger partial charge in [0.15, 0.2) is 0 Å². The van der Waals surface area contributed by atoms with Gasteiger partial charge in [-0.15, -0.1) is 0 Å². The van der Waals surface area contributed by atoms with Gasteiger partial charge in [0.2, 0.25) is 3.23 Å². The van der Waals surface area contributed by atoms with Gasteiger partial charge >= 0.3 is 5.97 Å². The van der Waals surface area contributed by atoms with Crippen LogP contribution in [0.4, 0.5) is 0 Å². The molecule has 4 rings (SSSR count). The molecule has 1 aromatic carbocycles. The normalized spacial score (nSPS) is 35.0. The summed E-state index contributed by atoms with van der Waals surface area (Å²) in [5.74, 6) is 1.51. The summed E-state index contributed by atoms with van der Waals surface area (Å²) in [7, 11) is 0. The highest BCUT2D eigenvalue weighted by Crippen LogP contribution is 2.61. The summed E-state index contributed by atoms with van der Waals surface area (Å²) in [6.45, 7) is 2.52. The Kier molecular flexibility index (Phi) is 4.15. The summed E-state index contributed by atoms with van der Waals surface area (Å²) in [4.78, 5) is 11.5. The minimum Gasteiger partial charge on any atom is -0.479 e. The predicted molar refractivity (Wildman–Crippen MR) is 103 cm³/mol. The fourth-order valence-electron chi connectivity index (χ4n) is 5.89. The monoisotopic (exact) mass is 454 g/mol. The lowest BCUT2D eigenvalue weighted by Crippen LogP contribution is -2.39. The van der Waals surface area contributed by atoms with Crippen LogP contribution in [0.3, 0.4) is 0 Å². The average molecular weight is 456 g/mol. The molecule has 0 radical (unpaired) electrons. The van der Waals surface area contributed by atoms with Gasteiger partial charge < -0.3 is 5.11 Å². The minimum atomic E-state index is -1.18. The minimum absolute atomic E-state index is 0.586. The van der Waals surface area contributed by atoms with E-state index >= 15 is 0 Å². The van der Waals surface area contributed by atoms with Crippen molar-refractivity contribution < 1.29 is 9.90 Å². The van der Waals surface area contributed by atoms with E-state index in [1.54, 1.807) is 0 Å². The van der Waals surface area contributed by atoms with Gasteiger partial charge in [-0.2, -0.15) is 0 Å². The van der Waals surface area contributed by atoms with Crippen LogP contribution in [0.1, 0.15) is 68.1 Å². The number of carbonyl (C=O) groups is 1. The highest BCUT2D eigenvalue weighted by Gasteiger charge is 2.50. The molecule has 0 aromatic heterocycles. The smallest absolute Gasteiger partial charge is 0.336 e. The van der Waals surface area contributed by atoms with Gasteiger partial charge in [0.25, 0.3) is 0 Å². The second kappa shape index (κ2) is 5.84. The van der Waals surface area contributed by atoms with Gasteiger partial charge in [-0.3, -0.25) is 0 Å². The predicted octanol–water partition coefficient (Wildman–Crippen LogP) is 5.96. The molecule has 0 aliphatic heterocycles. The first kappa shape index (κ1) is 17.1. The molecular formula is C20H24Br2O2. The van der Waals surface area contributed by atoms with Crippen LogP contribution < -0.4 is 0 Å². The number of alkyl halides is 2. The molecule has 2 fully saturated rings. The zero-order valence-electron chi connectivity index (χ0n) is 14.0. The van der Waals surface area contributed by atoms with Crippen LogP contribution >= 0.6 is 31.9 Å². The highest BCUT2D eigenvalue weighted by molar-refractivity contribution is 9.25. The molecule has 3 aliphatic carbocycles. The van der Waals surface area contributed by atoms with Crippen LogP contribution in [-0.4, -0.2) is 11.1 Å². The Balaban J connectivity index is 1.67. The van der Waals surface area contributed by atoms with E-state index in [1.165, 1.54) is 49.7 Å². The van der Waals surface area contributed by atoms with Crippen LogP contribution in [0.25, 0.3) is 0 Å². The van der Waals surface area contributed by atoms with Crippen LogP contribution in [-0.2, 0) is 14.4 Å². The fourth-order valence-corrected chi connectivity index (χ4v) is 6.39. The third kappa shape index (κ3) is 2.51. The van der Waals surface area contributed by atoms with Gasteiger partial charge in [0.1, 0.15) is 0 Å². The Bertz CT molecular complexity index is 684. The number of rotatable bonds is 2. The lowest BCUT2D eigenvalue weighted by Gasteiger charge is -2.49. The quantitative estimate of drug-likeness (QED) is 0.558. The second-order valence-corrected chi connectivity index (χ2v) is 11.7. The first-order valence-corrected chi connectivity index (χ1v) is 10.7. The number of hydrogen-bond donors (Lipinski definition) is 1. The van der Waals surface area contributed by atoms with Gasteiger partial charge in [-0.05, 0) is 78.4 Å². The molecule has 130 valence electrons. The van der Waals surface area contributed by atoms with Crippen molar-refractivity contribution in [2.75, 3.05) is 0 Å². The van der Waals surface area contributed by atoms with E-state index in [9.17, 15) is 9.90 Å². The van der Waals surface area contributed by atoms with Crippen molar-refractivity contribution in [3.8, 4) is 0 Å². The van der Waals surface area contributed by atoms with E-state index in [0.29, 0.717) is 11.3 Å². The standard InChI is InChI=1S/C20H24Br2O2/c1-19-9-2-3-17(19)16-6-4-12-11-13(20(21,22)18(23)24)5-7-14(12)15(16)8-10-19/h5,7,11,15-17H,2-4,6,8-10H2,1H3,(H,23,24)/t15-,16-,17+,19+/m1/s1. The van der Waals surface area contributed by atoms with E-state index in [2.05, 4.69) is 50.9 Å². The number of carboxylic acid groups (broad SMARTS) is 1. The Hall–Kier alpha value is -0.350. The van der Waals surface area contributed by atoms with Crippen molar-refractivity contribution in [3.05, 3.63) is 34.9 Å². The SMILES string of the molecule is C[C@@]12CCC[C@H]1[C@@H]1CCc3cc(C(Br)(Br)C(=O)O)ccc3[C@H]1CC2. The topological polar surface area (TPSA) is 37.3 Å². The fraction of sp³-hybridized carbons (Fsp3) is 0.650. The molecule has 0 saturated heterocycles. The molecule has 2 nitrogen and oxygen atoms in total. The molecule has 0 heterocycles. The van der Waals surface area contributed by atoms with Crippen molar-refractivity contribution in [2.45, 2.75) is 61.0 Å². The Morgan fingerprint density at radius 3 is 2.79 bits per heavy atom. The first-order chi connectivity index (χ1) is 11.3. The van der Waals surface area contributed by atoms with E-state index in [4.69, 9.17) is 0 Å². The van der Waals surface area contributed by atoms with Crippen molar-refractivity contribution in [1.29, 1.82) is 0 Å². The van der Waals surface area contributed by atoms with Crippen molar-refractivity contribution in [1.82, 2.24) is 0 Å². The molecule has 0 spiro atoms. The molecule has 2 saturated carbocycles. The largest absolute Gasteiger partial charge is 0.479 e. The molecular weight excluding hydrogens is 432 g/mol. The van der Waals surface area contributed by atoms with E-state index in [-0.39, 0.29) is 0 Å². The van der Waals surface area contributed by atoms with E-state index in [0.717, 1.165) is 23.8 Å². The molecule has 0 unspecified atom stereocenters. The van der Waals surface area contributed by atoms with Crippen LogP contribution in [0.2, 0.25) is 0 Å². The molecule has 4 atom stereocenters. The van der Waals surface area contributed by atoms with Gasteiger partial charge in [-0.1, -0.05) is 63.4 Å². The zero-order valence-corrected chi connectivity index (χ0v) is 17.2. The Labute approximate surface area is 160 Å². The average Bonchev–Trinajstić information content (AvgIpc) is 2.95. The summed E-state index contributed by atoms with van der Waals surface area (Å²) in [6, 6.07) is 6.30. The third-order valence-electron chi connectivity index (χ3n) is 7.14. The summed E-state index contributed by atoms with van der Waals surface area (Å²) in [5, 5.41) is 9.42. The third-order valence-corrected chi connectivity index (χ3v) is 8.73. The van der Waals surface area contributed by atoms with E-state index in [1.807, 2.05) is 6.07 Å². The number of fused-ring (bicyclic) bond motifs is 5. The van der Waals surface area contributed by atoms with Gasteiger partial charge in [0, 0.05) is 0 Å². The maximum atomic E-state index is 11.5. The summed E-state index contributed by atoms with van der Waals surface area (Å²) < 4.78 is -1.18. The lowest BCUT2D eigenvalue weighted by atomic mass is 9.56. The number of aryl methyl sites for hydroxylation is 1. The Morgan fingerprint density at radius 2 is 2.04 bits per heavy atom. The number of halogens is 2. The second-order valence-electron chi connectivity index (χ2n) is 8.29. The van der Waals surface area contributed by atoms with Crippen molar-refractivity contribution in [3.63, 3.8) is 0 Å². The molecule has 1 N–H and O–H groups in total. The molecule has 0 bridgehead atoms. The molecule has 0 amide bonds. The van der Waals surface area contributed by atoms with Crippen LogP contribution in [0.15, 0.2) is 18.2 Å². The number of hydrogen-bond acceptors (Lipinski definition) is 1. The van der Waals surface area contributed by atoms with Crippen LogP contribution in [0.5, 0.6) is 0 Å². The number of benzene rings is 1. The maximum absolute atomic E-state index is 11.5. The number of carboxylic acids is 1. The summed E-state index contributed by atoms with van der Waals surface area (Å²) >= 11 is 6.62. The zero-order chi connectivity index (χ0) is 17.1. The Morgan fingerprint density at radius 1 is 1.25 bits per heavy atom. The summed E-state index contributed by atoms with van der Waals surface area (Å²) in [5.41, 5.74) is 4.22. The van der Waals surface area contributed by atoms with Crippen molar-refractivity contribution >= 4 is 37.8 Å². The van der Waals surface area contributed by atoms with E-state index < -0.39 is 9.20 Å². The van der Waals surface area contributed by atoms with Gasteiger partial charge in [0.05, 0.1) is 0 Å².